The normalized spacial score (nSPS) is 17.1. The van der Waals surface area contributed by atoms with Gasteiger partial charge in [0, 0.05) is 31.1 Å². The van der Waals surface area contributed by atoms with Gasteiger partial charge < -0.3 is 20.2 Å². The molecule has 0 saturated carbocycles. The van der Waals surface area contributed by atoms with E-state index in [1.54, 1.807) is 6.07 Å². The molecule has 4 nitrogen and oxygen atoms in total. The summed E-state index contributed by atoms with van der Waals surface area (Å²) in [5, 5.41) is 13.4. The molecule has 1 heterocycles. The summed E-state index contributed by atoms with van der Waals surface area (Å²) in [4.78, 5) is 4.61. The summed E-state index contributed by atoms with van der Waals surface area (Å²) in [7, 11) is 6.19. The number of para-hydroxylation sites is 1. The van der Waals surface area contributed by atoms with Crippen LogP contribution in [0.15, 0.2) is 66.7 Å². The molecule has 0 amide bonds. The smallest absolute Gasteiger partial charge is 0.123 e. The Morgan fingerprint density at radius 2 is 1.96 bits per heavy atom. The number of phenols is 1. The molecule has 2 rings (SSSR count). The van der Waals surface area contributed by atoms with E-state index in [1.165, 1.54) is 18.5 Å². The van der Waals surface area contributed by atoms with Crippen LogP contribution in [0.4, 0.5) is 0 Å². The summed E-state index contributed by atoms with van der Waals surface area (Å²) in [5.41, 5.74) is 4.92. The van der Waals surface area contributed by atoms with Crippen molar-refractivity contribution in [2.45, 2.75) is 26.2 Å². The van der Waals surface area contributed by atoms with Gasteiger partial charge in [0.2, 0.25) is 0 Å². The van der Waals surface area contributed by atoms with Crippen molar-refractivity contribution < 1.29 is 5.11 Å². The van der Waals surface area contributed by atoms with E-state index in [0.29, 0.717) is 5.92 Å². The van der Waals surface area contributed by atoms with Gasteiger partial charge in [0.15, 0.2) is 0 Å². The number of aromatic hydroxyl groups is 1. The molecule has 1 aliphatic heterocycles. The SMILES string of the molecule is C=C/C(NC)=C(/C)N(C)/C(=C\C(=C)c1ccccc1O)CC1CCN(C)CC1. The van der Waals surface area contributed by atoms with Gasteiger partial charge in [-0.1, -0.05) is 31.4 Å². The Balaban J connectivity index is 2.34. The first-order valence-electron chi connectivity index (χ1n) is 9.98. The van der Waals surface area contributed by atoms with Crippen LogP contribution < -0.4 is 5.32 Å². The molecule has 28 heavy (non-hydrogen) atoms. The van der Waals surface area contributed by atoms with E-state index in [-0.39, 0.29) is 5.75 Å². The number of hydrogen-bond donors (Lipinski definition) is 2. The zero-order valence-electron chi connectivity index (χ0n) is 17.8. The number of nitrogens with one attached hydrogen (secondary N) is 1. The Labute approximate surface area is 170 Å². The van der Waals surface area contributed by atoms with Crippen molar-refractivity contribution >= 4 is 5.57 Å². The summed E-state index contributed by atoms with van der Waals surface area (Å²) >= 11 is 0. The summed E-state index contributed by atoms with van der Waals surface area (Å²) in [6, 6.07) is 7.37. The van der Waals surface area contributed by atoms with Crippen LogP contribution in [0.1, 0.15) is 31.7 Å². The zero-order chi connectivity index (χ0) is 20.7. The molecule has 1 saturated heterocycles. The maximum absolute atomic E-state index is 10.2. The maximum Gasteiger partial charge on any atom is 0.123 e. The van der Waals surface area contributed by atoms with Crippen LogP contribution in [0.2, 0.25) is 0 Å². The molecule has 152 valence electrons. The van der Waals surface area contributed by atoms with E-state index < -0.39 is 0 Å². The number of allylic oxidation sites excluding steroid dienone is 5. The Morgan fingerprint density at radius 1 is 1.32 bits per heavy atom. The highest BCUT2D eigenvalue weighted by Crippen LogP contribution is 2.31. The minimum atomic E-state index is 0.263. The molecule has 0 bridgehead atoms. The van der Waals surface area contributed by atoms with Gasteiger partial charge in [-0.15, -0.1) is 0 Å². The Morgan fingerprint density at radius 3 is 2.54 bits per heavy atom. The molecule has 2 N–H and O–H groups in total. The van der Waals surface area contributed by atoms with Crippen molar-refractivity contribution in [2.24, 2.45) is 5.92 Å². The molecule has 0 aliphatic carbocycles. The number of phenolic OH excluding ortho intramolecular Hbond substituents is 1. The van der Waals surface area contributed by atoms with E-state index in [1.807, 2.05) is 31.3 Å². The number of likely N-dealkylation sites (tertiary alicyclic amines) is 1. The first kappa shape index (κ1) is 21.8. The Bertz CT molecular complexity index is 755. The first-order chi connectivity index (χ1) is 13.4. The van der Waals surface area contributed by atoms with Crippen molar-refractivity contribution in [1.82, 2.24) is 15.1 Å². The molecule has 1 fully saturated rings. The second kappa shape index (κ2) is 10.2. The second-order valence-electron chi connectivity index (χ2n) is 7.64. The van der Waals surface area contributed by atoms with Gasteiger partial charge in [-0.2, -0.15) is 0 Å². The molecule has 0 spiro atoms. The van der Waals surface area contributed by atoms with Crippen LogP contribution in [0.25, 0.3) is 5.57 Å². The van der Waals surface area contributed by atoms with E-state index in [9.17, 15) is 5.11 Å². The fraction of sp³-hybridized carbons (Fsp3) is 0.417. The average Bonchev–Trinajstić information content (AvgIpc) is 2.69. The molecule has 0 radical (unpaired) electrons. The van der Waals surface area contributed by atoms with Gasteiger partial charge in [0.25, 0.3) is 0 Å². The fourth-order valence-corrected chi connectivity index (χ4v) is 3.71. The van der Waals surface area contributed by atoms with Crippen molar-refractivity contribution in [3.05, 3.63) is 72.2 Å². The number of rotatable bonds is 8. The third kappa shape index (κ3) is 5.52. The van der Waals surface area contributed by atoms with Gasteiger partial charge >= 0.3 is 0 Å². The summed E-state index contributed by atoms with van der Waals surface area (Å²) in [6.45, 7) is 12.5. The van der Waals surface area contributed by atoms with Crippen LogP contribution in [0, 0.1) is 5.92 Å². The Kier molecular flexibility index (Phi) is 7.94. The average molecular weight is 382 g/mol. The highest BCUT2D eigenvalue weighted by Gasteiger charge is 2.21. The minimum Gasteiger partial charge on any atom is -0.507 e. The van der Waals surface area contributed by atoms with Gasteiger partial charge in [0.05, 0.1) is 5.70 Å². The molecular formula is C24H35N3O. The summed E-state index contributed by atoms with van der Waals surface area (Å²) in [5.74, 6) is 0.913. The largest absolute Gasteiger partial charge is 0.507 e. The molecule has 0 unspecified atom stereocenters. The third-order valence-corrected chi connectivity index (χ3v) is 5.72. The lowest BCUT2D eigenvalue weighted by Crippen LogP contribution is -2.31. The van der Waals surface area contributed by atoms with Crippen molar-refractivity contribution in [1.29, 1.82) is 0 Å². The number of likely N-dealkylation sites (N-methyl/N-ethyl adjacent to an activating group) is 1. The third-order valence-electron chi connectivity index (χ3n) is 5.72. The minimum absolute atomic E-state index is 0.263. The molecule has 1 aromatic rings. The number of piperidine rings is 1. The van der Waals surface area contributed by atoms with Gasteiger partial charge in [-0.05, 0) is 76.0 Å². The Hall–Kier alpha value is -2.46. The number of nitrogens with zero attached hydrogens (tertiary/aromatic N) is 2. The van der Waals surface area contributed by atoms with Crippen LogP contribution >= 0.6 is 0 Å². The van der Waals surface area contributed by atoms with Crippen LogP contribution in [0.3, 0.4) is 0 Å². The van der Waals surface area contributed by atoms with E-state index in [0.717, 1.165) is 42.0 Å². The lowest BCUT2D eigenvalue weighted by atomic mass is 9.91. The molecule has 4 heteroatoms. The van der Waals surface area contributed by atoms with E-state index in [2.05, 4.69) is 55.4 Å². The lowest BCUT2D eigenvalue weighted by molar-refractivity contribution is 0.213. The quantitative estimate of drug-likeness (QED) is 0.646. The monoisotopic (exact) mass is 381 g/mol. The lowest BCUT2D eigenvalue weighted by Gasteiger charge is -2.33. The van der Waals surface area contributed by atoms with E-state index >= 15 is 0 Å². The summed E-state index contributed by atoms with van der Waals surface area (Å²) in [6.07, 6.45) is 7.36. The predicted molar refractivity (Wildman–Crippen MR) is 120 cm³/mol. The van der Waals surface area contributed by atoms with Crippen molar-refractivity contribution in [3.8, 4) is 5.75 Å². The number of benzene rings is 1. The summed E-state index contributed by atoms with van der Waals surface area (Å²) < 4.78 is 0. The van der Waals surface area contributed by atoms with Crippen molar-refractivity contribution in [3.63, 3.8) is 0 Å². The number of hydrogen-bond acceptors (Lipinski definition) is 4. The molecular weight excluding hydrogens is 346 g/mol. The topological polar surface area (TPSA) is 38.7 Å². The van der Waals surface area contributed by atoms with Gasteiger partial charge in [0.1, 0.15) is 5.75 Å². The second-order valence-corrected chi connectivity index (χ2v) is 7.64. The van der Waals surface area contributed by atoms with Gasteiger partial charge in [-0.25, -0.2) is 0 Å². The molecule has 0 atom stereocenters. The standard InChI is InChI=1S/C24H35N3O/c1-7-23(25-4)19(3)27(6)21(17-20-12-14-26(5)15-13-20)16-18(2)22-10-8-9-11-24(22)28/h7-11,16,20,25,28H,1-2,12-15,17H2,3-6H3/b21-16-,23-19+. The van der Waals surface area contributed by atoms with Crippen molar-refractivity contribution in [2.75, 3.05) is 34.2 Å². The van der Waals surface area contributed by atoms with E-state index in [4.69, 9.17) is 0 Å². The van der Waals surface area contributed by atoms with Crippen LogP contribution in [-0.4, -0.2) is 49.1 Å². The maximum atomic E-state index is 10.2. The highest BCUT2D eigenvalue weighted by molar-refractivity contribution is 5.76. The predicted octanol–water partition coefficient (Wildman–Crippen LogP) is 4.59. The molecule has 1 aromatic carbocycles. The highest BCUT2D eigenvalue weighted by atomic mass is 16.3. The fourth-order valence-electron chi connectivity index (χ4n) is 3.71. The molecule has 0 aromatic heterocycles. The van der Waals surface area contributed by atoms with Crippen LogP contribution in [-0.2, 0) is 0 Å². The first-order valence-corrected chi connectivity index (χ1v) is 9.98. The zero-order valence-corrected chi connectivity index (χ0v) is 17.8. The van der Waals surface area contributed by atoms with Crippen LogP contribution in [0.5, 0.6) is 5.75 Å². The van der Waals surface area contributed by atoms with Gasteiger partial charge in [-0.3, -0.25) is 0 Å². The molecule has 1 aliphatic rings.